The van der Waals surface area contributed by atoms with Gasteiger partial charge in [0.1, 0.15) is 0 Å². The number of amides is 1. The molecule has 118 valence electrons. The lowest BCUT2D eigenvalue weighted by Crippen LogP contribution is -2.54. The van der Waals surface area contributed by atoms with E-state index >= 15 is 0 Å². The summed E-state index contributed by atoms with van der Waals surface area (Å²) in [6, 6.07) is 1.27. The summed E-state index contributed by atoms with van der Waals surface area (Å²) in [6.07, 6.45) is 5.13. The number of terminal acetylenes is 1. The Labute approximate surface area is 133 Å². The molecule has 8 heteroatoms. The van der Waals surface area contributed by atoms with Crippen LogP contribution in [0, 0.1) is 22.5 Å². The highest BCUT2D eigenvalue weighted by atomic mass is 32.1. The Morgan fingerprint density at radius 1 is 1.55 bits per heavy atom. The standard InChI is InChI=1S/C14H18N4O3S/c1-3-5-15-13(19)11(2)16-6-8-17(9-7-16)14-12(18(20)21)4-10-22-14/h1,4,10-11H,5-9H2,2H3,(H,15,19)/t11-/m0/s1. The molecule has 0 aromatic carbocycles. The first kappa shape index (κ1) is 16.3. The van der Waals surface area contributed by atoms with Gasteiger partial charge in [0.15, 0.2) is 5.00 Å². The number of nitrogens with one attached hydrogen (secondary N) is 1. The fourth-order valence-electron chi connectivity index (χ4n) is 2.43. The number of hydrogen-bond donors (Lipinski definition) is 1. The molecule has 0 bridgehead atoms. The second kappa shape index (κ2) is 7.24. The van der Waals surface area contributed by atoms with Crippen LogP contribution in [0.5, 0.6) is 0 Å². The lowest BCUT2D eigenvalue weighted by atomic mass is 10.2. The summed E-state index contributed by atoms with van der Waals surface area (Å²) >= 11 is 1.38. The number of piperazine rings is 1. The summed E-state index contributed by atoms with van der Waals surface area (Å²) in [5.41, 5.74) is 0.151. The van der Waals surface area contributed by atoms with Gasteiger partial charge >= 0.3 is 5.69 Å². The minimum Gasteiger partial charge on any atom is -0.355 e. The normalized spacial score (nSPS) is 16.8. The van der Waals surface area contributed by atoms with Crippen molar-refractivity contribution in [2.75, 3.05) is 37.6 Å². The van der Waals surface area contributed by atoms with Crippen LogP contribution < -0.4 is 10.2 Å². The Morgan fingerprint density at radius 2 is 2.23 bits per heavy atom. The lowest BCUT2D eigenvalue weighted by Gasteiger charge is -2.37. The highest BCUT2D eigenvalue weighted by Gasteiger charge is 2.28. The van der Waals surface area contributed by atoms with Crippen LogP contribution in [0.3, 0.4) is 0 Å². The van der Waals surface area contributed by atoms with E-state index in [2.05, 4.69) is 16.1 Å². The Morgan fingerprint density at radius 3 is 2.82 bits per heavy atom. The van der Waals surface area contributed by atoms with Gasteiger partial charge in [-0.15, -0.1) is 17.8 Å². The van der Waals surface area contributed by atoms with Gasteiger partial charge < -0.3 is 10.2 Å². The molecule has 22 heavy (non-hydrogen) atoms. The van der Waals surface area contributed by atoms with Crippen molar-refractivity contribution in [3.05, 3.63) is 21.6 Å². The molecule has 0 radical (unpaired) electrons. The van der Waals surface area contributed by atoms with Crippen molar-refractivity contribution in [1.82, 2.24) is 10.2 Å². The smallest absolute Gasteiger partial charge is 0.303 e. The summed E-state index contributed by atoms with van der Waals surface area (Å²) in [6.45, 7) is 4.75. The first-order valence-corrected chi connectivity index (χ1v) is 7.84. The van der Waals surface area contributed by atoms with Crippen LogP contribution in [-0.4, -0.2) is 54.5 Å². The van der Waals surface area contributed by atoms with E-state index in [-0.39, 0.29) is 29.1 Å². The second-order valence-corrected chi connectivity index (χ2v) is 5.88. The molecule has 1 aromatic heterocycles. The summed E-state index contributed by atoms with van der Waals surface area (Å²) in [5.74, 6) is 2.29. The molecule has 1 aliphatic heterocycles. The topological polar surface area (TPSA) is 78.7 Å². The van der Waals surface area contributed by atoms with Gasteiger partial charge in [-0.2, -0.15) is 0 Å². The average Bonchev–Trinajstić information content (AvgIpc) is 3.02. The van der Waals surface area contributed by atoms with Crippen molar-refractivity contribution in [2.24, 2.45) is 0 Å². The number of hydrogen-bond acceptors (Lipinski definition) is 6. The Hall–Kier alpha value is -2.11. The van der Waals surface area contributed by atoms with Gasteiger partial charge in [-0.05, 0) is 12.3 Å². The SMILES string of the molecule is C#CCNC(=O)[C@H](C)N1CCN(c2sccc2[N+](=O)[O-])CC1. The van der Waals surface area contributed by atoms with Gasteiger partial charge in [-0.1, -0.05) is 5.92 Å². The molecular formula is C14H18N4O3S. The van der Waals surface area contributed by atoms with Crippen LogP contribution in [0.25, 0.3) is 0 Å². The highest BCUT2D eigenvalue weighted by molar-refractivity contribution is 7.14. The lowest BCUT2D eigenvalue weighted by molar-refractivity contribution is -0.383. The number of anilines is 1. The Kier molecular flexibility index (Phi) is 5.35. The minimum atomic E-state index is -0.353. The van der Waals surface area contributed by atoms with Crippen LogP contribution in [0.1, 0.15) is 6.92 Å². The second-order valence-electron chi connectivity index (χ2n) is 4.99. The van der Waals surface area contributed by atoms with Crippen molar-refractivity contribution in [1.29, 1.82) is 0 Å². The van der Waals surface area contributed by atoms with Crippen molar-refractivity contribution in [3.63, 3.8) is 0 Å². The molecule has 0 aliphatic carbocycles. The number of nitro groups is 1. The van der Waals surface area contributed by atoms with Gasteiger partial charge in [0.05, 0.1) is 17.5 Å². The quantitative estimate of drug-likeness (QED) is 0.495. The first-order valence-electron chi connectivity index (χ1n) is 6.96. The third kappa shape index (κ3) is 3.55. The number of nitrogens with zero attached hydrogens (tertiary/aromatic N) is 3. The predicted molar refractivity (Wildman–Crippen MR) is 86.1 cm³/mol. The van der Waals surface area contributed by atoms with Gasteiger partial charge in [-0.3, -0.25) is 19.8 Å². The zero-order valence-electron chi connectivity index (χ0n) is 12.3. The minimum absolute atomic E-state index is 0.0893. The molecule has 1 saturated heterocycles. The first-order chi connectivity index (χ1) is 10.5. The van der Waals surface area contributed by atoms with E-state index in [0.29, 0.717) is 31.2 Å². The van der Waals surface area contributed by atoms with E-state index in [1.54, 1.807) is 5.38 Å². The predicted octanol–water partition coefficient (Wildman–Crippen LogP) is 0.916. The molecule has 1 atom stereocenters. The van der Waals surface area contributed by atoms with Gasteiger partial charge in [-0.25, -0.2) is 0 Å². The highest BCUT2D eigenvalue weighted by Crippen LogP contribution is 2.34. The number of carbonyl (C=O) groups excluding carboxylic acids is 1. The third-order valence-electron chi connectivity index (χ3n) is 3.71. The molecular weight excluding hydrogens is 304 g/mol. The molecule has 7 nitrogen and oxygen atoms in total. The summed E-state index contributed by atoms with van der Waals surface area (Å²) in [7, 11) is 0. The zero-order valence-corrected chi connectivity index (χ0v) is 13.1. The largest absolute Gasteiger partial charge is 0.355 e. The molecule has 0 spiro atoms. The van der Waals surface area contributed by atoms with Gasteiger partial charge in [0.2, 0.25) is 5.91 Å². The van der Waals surface area contributed by atoms with Crippen LogP contribution in [0.4, 0.5) is 10.7 Å². The van der Waals surface area contributed by atoms with Crippen LogP contribution in [0.2, 0.25) is 0 Å². The van der Waals surface area contributed by atoms with E-state index in [1.165, 1.54) is 17.4 Å². The number of thiophene rings is 1. The van der Waals surface area contributed by atoms with Crippen LogP contribution in [-0.2, 0) is 4.79 Å². The summed E-state index contributed by atoms with van der Waals surface area (Å²) < 4.78 is 0. The van der Waals surface area contributed by atoms with Crippen molar-refractivity contribution >= 4 is 27.9 Å². The van der Waals surface area contributed by atoms with Crippen LogP contribution >= 0.6 is 11.3 Å². The monoisotopic (exact) mass is 322 g/mol. The Bertz CT molecular complexity index is 587. The maximum atomic E-state index is 11.9. The van der Waals surface area contributed by atoms with Crippen LogP contribution in [0.15, 0.2) is 11.4 Å². The van der Waals surface area contributed by atoms with E-state index in [9.17, 15) is 14.9 Å². The van der Waals surface area contributed by atoms with Gasteiger partial charge in [0, 0.05) is 32.2 Å². The molecule has 1 aromatic rings. The Balaban J connectivity index is 1.93. The maximum Gasteiger partial charge on any atom is 0.303 e. The molecule has 1 amide bonds. The zero-order chi connectivity index (χ0) is 16.1. The molecule has 1 N–H and O–H groups in total. The molecule has 2 rings (SSSR count). The summed E-state index contributed by atoms with van der Waals surface area (Å²) in [5, 5.41) is 16.1. The van der Waals surface area contributed by atoms with E-state index in [0.717, 1.165) is 0 Å². The number of rotatable bonds is 5. The van der Waals surface area contributed by atoms with E-state index < -0.39 is 0 Å². The molecule has 0 saturated carbocycles. The fourth-order valence-corrected chi connectivity index (χ4v) is 3.35. The molecule has 2 heterocycles. The molecule has 1 aliphatic rings. The van der Waals surface area contributed by atoms with Crippen molar-refractivity contribution in [3.8, 4) is 12.3 Å². The van der Waals surface area contributed by atoms with Gasteiger partial charge in [0.25, 0.3) is 0 Å². The number of carbonyl (C=O) groups is 1. The summed E-state index contributed by atoms with van der Waals surface area (Å²) in [4.78, 5) is 26.6. The fraction of sp³-hybridized carbons (Fsp3) is 0.500. The van der Waals surface area contributed by atoms with Crippen molar-refractivity contribution in [2.45, 2.75) is 13.0 Å². The third-order valence-corrected chi connectivity index (χ3v) is 4.68. The maximum absolute atomic E-state index is 11.9. The molecule has 0 unspecified atom stereocenters. The molecule has 1 fully saturated rings. The van der Waals surface area contributed by atoms with Crippen molar-refractivity contribution < 1.29 is 9.72 Å². The van der Waals surface area contributed by atoms with E-state index in [4.69, 9.17) is 6.42 Å². The average molecular weight is 322 g/mol. The van der Waals surface area contributed by atoms with E-state index in [1.807, 2.05) is 11.8 Å².